The number of hydrogen-bond acceptors (Lipinski definition) is 4. The number of nitrogens with zero attached hydrogens (tertiary/aromatic N) is 2. The van der Waals surface area contributed by atoms with Gasteiger partial charge in [-0.25, -0.2) is 8.78 Å². The highest BCUT2D eigenvalue weighted by molar-refractivity contribution is 4.78. The fourth-order valence-electron chi connectivity index (χ4n) is 0.612. The van der Waals surface area contributed by atoms with Gasteiger partial charge in [0.15, 0.2) is 5.82 Å². The summed E-state index contributed by atoms with van der Waals surface area (Å²) in [4.78, 5) is 3.66. The van der Waals surface area contributed by atoms with Crippen molar-refractivity contribution in [2.24, 2.45) is 0 Å². The van der Waals surface area contributed by atoms with Crippen LogP contribution in [-0.2, 0) is 6.54 Å². The average molecular weight is 177 g/mol. The number of nitrogens with one attached hydrogen (secondary N) is 1. The van der Waals surface area contributed by atoms with Gasteiger partial charge < -0.3 is 9.84 Å². The van der Waals surface area contributed by atoms with Crippen molar-refractivity contribution < 1.29 is 13.3 Å². The molecule has 4 nitrogen and oxygen atoms in total. The zero-order chi connectivity index (χ0) is 8.97. The molecule has 0 spiro atoms. The van der Waals surface area contributed by atoms with Crippen LogP contribution < -0.4 is 5.32 Å². The molecule has 0 aromatic carbocycles. The topological polar surface area (TPSA) is 51.0 Å². The SMILES string of the molecule is CC(NCc1ncon1)C(F)F. The molecule has 0 fully saturated rings. The van der Waals surface area contributed by atoms with Crippen molar-refractivity contribution in [2.75, 3.05) is 0 Å². The van der Waals surface area contributed by atoms with Gasteiger partial charge in [0, 0.05) is 0 Å². The molecule has 0 bridgehead atoms. The summed E-state index contributed by atoms with van der Waals surface area (Å²) in [6, 6.07) is -0.858. The summed E-state index contributed by atoms with van der Waals surface area (Å²) in [5.74, 6) is 0.377. The fourth-order valence-corrected chi connectivity index (χ4v) is 0.612. The molecule has 1 aromatic rings. The van der Waals surface area contributed by atoms with E-state index in [1.807, 2.05) is 0 Å². The Hall–Kier alpha value is -1.04. The summed E-state index contributed by atoms with van der Waals surface area (Å²) >= 11 is 0. The second kappa shape index (κ2) is 4.10. The van der Waals surface area contributed by atoms with Gasteiger partial charge in [-0.1, -0.05) is 5.16 Å². The van der Waals surface area contributed by atoms with E-state index in [-0.39, 0.29) is 6.54 Å². The van der Waals surface area contributed by atoms with Gasteiger partial charge in [0.25, 0.3) is 6.43 Å². The van der Waals surface area contributed by atoms with Crippen LogP contribution in [0.25, 0.3) is 0 Å². The monoisotopic (exact) mass is 177 g/mol. The summed E-state index contributed by atoms with van der Waals surface area (Å²) in [7, 11) is 0. The lowest BCUT2D eigenvalue weighted by Gasteiger charge is -2.09. The van der Waals surface area contributed by atoms with Crippen molar-refractivity contribution in [3.05, 3.63) is 12.2 Å². The quantitative estimate of drug-likeness (QED) is 0.739. The Morgan fingerprint density at radius 3 is 2.92 bits per heavy atom. The predicted octanol–water partition coefficient (Wildman–Crippen LogP) is 0.813. The van der Waals surface area contributed by atoms with Crippen LogP contribution in [0.5, 0.6) is 0 Å². The summed E-state index contributed by atoms with van der Waals surface area (Å²) in [5.41, 5.74) is 0. The summed E-state index contributed by atoms with van der Waals surface area (Å²) in [5, 5.41) is 6.00. The molecule has 1 N–H and O–H groups in total. The first-order valence-corrected chi connectivity index (χ1v) is 3.47. The van der Waals surface area contributed by atoms with Crippen LogP contribution in [-0.4, -0.2) is 22.6 Å². The molecule has 1 rings (SSSR count). The lowest BCUT2D eigenvalue weighted by Crippen LogP contribution is -2.32. The van der Waals surface area contributed by atoms with Gasteiger partial charge in [-0.2, -0.15) is 4.98 Å². The normalized spacial score (nSPS) is 13.7. The maximum absolute atomic E-state index is 11.9. The van der Waals surface area contributed by atoms with Gasteiger partial charge in [0.1, 0.15) is 0 Å². The Morgan fingerprint density at radius 1 is 1.67 bits per heavy atom. The van der Waals surface area contributed by atoms with Crippen molar-refractivity contribution in [1.82, 2.24) is 15.5 Å². The van der Waals surface area contributed by atoms with E-state index in [0.717, 1.165) is 6.39 Å². The lowest BCUT2D eigenvalue weighted by molar-refractivity contribution is 0.105. The van der Waals surface area contributed by atoms with Crippen molar-refractivity contribution >= 4 is 0 Å². The van der Waals surface area contributed by atoms with Gasteiger partial charge in [-0.15, -0.1) is 0 Å². The van der Waals surface area contributed by atoms with E-state index >= 15 is 0 Å². The molecule has 0 saturated carbocycles. The lowest BCUT2D eigenvalue weighted by atomic mass is 10.3. The van der Waals surface area contributed by atoms with E-state index in [1.165, 1.54) is 6.92 Å². The highest BCUT2D eigenvalue weighted by atomic mass is 19.3. The van der Waals surface area contributed by atoms with Crippen LogP contribution >= 0.6 is 0 Å². The van der Waals surface area contributed by atoms with Gasteiger partial charge >= 0.3 is 0 Å². The minimum Gasteiger partial charge on any atom is -0.343 e. The summed E-state index contributed by atoms with van der Waals surface area (Å²) < 4.78 is 28.3. The van der Waals surface area contributed by atoms with Crippen molar-refractivity contribution in [3.63, 3.8) is 0 Å². The van der Waals surface area contributed by atoms with Crippen molar-refractivity contribution in [2.45, 2.75) is 25.9 Å². The Morgan fingerprint density at radius 2 is 2.42 bits per heavy atom. The number of halogens is 2. The van der Waals surface area contributed by atoms with E-state index in [4.69, 9.17) is 0 Å². The van der Waals surface area contributed by atoms with Gasteiger partial charge in [0.05, 0.1) is 12.6 Å². The first-order valence-electron chi connectivity index (χ1n) is 3.47. The standard InChI is InChI=1S/C6H9F2N3O/c1-4(6(7)8)9-2-5-10-3-12-11-5/h3-4,6,9H,2H2,1H3. The molecule has 0 amide bonds. The minimum absolute atomic E-state index is 0.196. The number of hydrogen-bond donors (Lipinski definition) is 1. The average Bonchev–Trinajstić information content (AvgIpc) is 2.51. The molecular weight excluding hydrogens is 168 g/mol. The molecule has 6 heteroatoms. The molecule has 1 aromatic heterocycles. The Labute approximate surface area is 68.0 Å². The molecule has 1 unspecified atom stereocenters. The first kappa shape index (κ1) is 9.05. The Kier molecular flexibility index (Phi) is 3.09. The summed E-state index contributed by atoms with van der Waals surface area (Å²) in [6.45, 7) is 1.59. The number of aromatic nitrogens is 2. The zero-order valence-electron chi connectivity index (χ0n) is 6.50. The second-order valence-electron chi connectivity index (χ2n) is 2.35. The molecule has 0 aliphatic heterocycles. The van der Waals surface area contributed by atoms with E-state index in [2.05, 4.69) is 20.0 Å². The highest BCUT2D eigenvalue weighted by Gasteiger charge is 2.13. The van der Waals surface area contributed by atoms with Crippen molar-refractivity contribution in [1.29, 1.82) is 0 Å². The van der Waals surface area contributed by atoms with Crippen molar-refractivity contribution in [3.8, 4) is 0 Å². The maximum atomic E-state index is 11.9. The van der Waals surface area contributed by atoms with Crippen LogP contribution in [0.3, 0.4) is 0 Å². The Bertz CT molecular complexity index is 215. The maximum Gasteiger partial charge on any atom is 0.253 e. The van der Waals surface area contributed by atoms with E-state index in [0.29, 0.717) is 5.82 Å². The van der Waals surface area contributed by atoms with Gasteiger partial charge in [-0.05, 0) is 6.92 Å². The molecule has 1 atom stereocenters. The van der Waals surface area contributed by atoms with E-state index in [1.54, 1.807) is 0 Å². The third kappa shape index (κ3) is 2.54. The molecule has 68 valence electrons. The highest BCUT2D eigenvalue weighted by Crippen LogP contribution is 1.99. The van der Waals surface area contributed by atoms with Crippen LogP contribution in [0.1, 0.15) is 12.7 Å². The molecule has 0 aliphatic carbocycles. The third-order valence-corrected chi connectivity index (χ3v) is 1.37. The third-order valence-electron chi connectivity index (χ3n) is 1.37. The van der Waals surface area contributed by atoms with Crippen LogP contribution in [0, 0.1) is 0 Å². The van der Waals surface area contributed by atoms with Gasteiger partial charge in [-0.3, -0.25) is 0 Å². The zero-order valence-corrected chi connectivity index (χ0v) is 6.50. The molecule has 0 radical (unpaired) electrons. The van der Waals surface area contributed by atoms with Crippen LogP contribution in [0.15, 0.2) is 10.9 Å². The number of rotatable bonds is 4. The van der Waals surface area contributed by atoms with Crippen LogP contribution in [0.2, 0.25) is 0 Å². The molecule has 1 heterocycles. The number of alkyl halides is 2. The fraction of sp³-hybridized carbons (Fsp3) is 0.667. The van der Waals surface area contributed by atoms with Gasteiger partial charge in [0.2, 0.25) is 6.39 Å². The smallest absolute Gasteiger partial charge is 0.253 e. The molecule has 12 heavy (non-hydrogen) atoms. The first-order chi connectivity index (χ1) is 5.70. The summed E-state index contributed by atoms with van der Waals surface area (Å²) in [6.07, 6.45) is -1.22. The molecule has 0 saturated heterocycles. The van der Waals surface area contributed by atoms with E-state index < -0.39 is 12.5 Å². The largest absolute Gasteiger partial charge is 0.343 e. The minimum atomic E-state index is -2.38. The van der Waals surface area contributed by atoms with Crippen LogP contribution in [0.4, 0.5) is 8.78 Å². The Balaban J connectivity index is 2.27. The molecular formula is C6H9F2N3O. The van der Waals surface area contributed by atoms with E-state index in [9.17, 15) is 8.78 Å². The molecule has 0 aliphatic rings. The predicted molar refractivity (Wildman–Crippen MR) is 36.6 cm³/mol. The second-order valence-corrected chi connectivity index (χ2v) is 2.35.